The summed E-state index contributed by atoms with van der Waals surface area (Å²) in [5.74, 6) is 2.21. The van der Waals surface area contributed by atoms with Gasteiger partial charge in [-0.15, -0.1) is 23.1 Å². The molecule has 0 spiro atoms. The number of carbonyl (C=O) groups excluding carboxylic acids is 1. The fraction of sp³-hybridized carbons (Fsp3) is 0.312. The van der Waals surface area contributed by atoms with Crippen LogP contribution >= 0.6 is 23.1 Å². The van der Waals surface area contributed by atoms with E-state index < -0.39 is 0 Å². The summed E-state index contributed by atoms with van der Waals surface area (Å²) >= 11 is 3.46. The molecule has 1 saturated heterocycles. The maximum Gasteiger partial charge on any atom is 0.323 e. The summed E-state index contributed by atoms with van der Waals surface area (Å²) in [7, 11) is 3.17. The van der Waals surface area contributed by atoms with Crippen molar-refractivity contribution in [1.82, 2.24) is 4.90 Å². The maximum atomic E-state index is 12.7. The highest BCUT2D eigenvalue weighted by atomic mass is 32.2. The highest BCUT2D eigenvalue weighted by Gasteiger charge is 2.31. The van der Waals surface area contributed by atoms with E-state index in [4.69, 9.17) is 9.47 Å². The average Bonchev–Trinajstić information content (AvgIpc) is 3.25. The van der Waals surface area contributed by atoms with Gasteiger partial charge in [-0.1, -0.05) is 6.07 Å². The number of nitrogens with one attached hydrogen (secondary N) is 1. The van der Waals surface area contributed by atoms with E-state index in [1.807, 2.05) is 16.3 Å². The molecule has 1 atom stereocenters. The summed E-state index contributed by atoms with van der Waals surface area (Å²) in [6.45, 7) is 0.734. The van der Waals surface area contributed by atoms with Crippen molar-refractivity contribution in [2.75, 3.05) is 31.8 Å². The van der Waals surface area contributed by atoms with Crippen molar-refractivity contribution in [2.24, 2.45) is 0 Å². The van der Waals surface area contributed by atoms with Crippen LogP contribution in [0.15, 0.2) is 35.7 Å². The van der Waals surface area contributed by atoms with Gasteiger partial charge in [0.15, 0.2) is 0 Å². The van der Waals surface area contributed by atoms with Gasteiger partial charge in [0.2, 0.25) is 0 Å². The van der Waals surface area contributed by atoms with Crippen LogP contribution in [0.4, 0.5) is 10.5 Å². The van der Waals surface area contributed by atoms with Crippen molar-refractivity contribution in [3.8, 4) is 11.5 Å². The van der Waals surface area contributed by atoms with Crippen molar-refractivity contribution in [3.05, 3.63) is 40.6 Å². The summed E-state index contributed by atoms with van der Waals surface area (Å²) in [4.78, 5) is 15.7. The van der Waals surface area contributed by atoms with Crippen molar-refractivity contribution in [3.63, 3.8) is 0 Å². The Morgan fingerprint density at radius 2 is 2.17 bits per heavy atom. The number of rotatable bonds is 4. The minimum absolute atomic E-state index is 0.0826. The minimum atomic E-state index is -0.114. The lowest BCUT2D eigenvalue weighted by Gasteiger charge is -2.23. The van der Waals surface area contributed by atoms with E-state index >= 15 is 0 Å². The predicted octanol–water partition coefficient (Wildman–Crippen LogP) is 4.04. The first-order chi connectivity index (χ1) is 11.2. The normalized spacial score (nSPS) is 17.1. The van der Waals surface area contributed by atoms with Crippen molar-refractivity contribution in [1.29, 1.82) is 0 Å². The molecule has 1 N–H and O–H groups in total. The number of thiophene rings is 1. The van der Waals surface area contributed by atoms with E-state index in [0.29, 0.717) is 17.2 Å². The van der Waals surface area contributed by atoms with Gasteiger partial charge >= 0.3 is 6.03 Å². The quantitative estimate of drug-likeness (QED) is 0.904. The number of thioether (sulfide) groups is 1. The molecule has 7 heteroatoms. The molecule has 1 aromatic heterocycles. The molecule has 122 valence electrons. The molecule has 0 aliphatic carbocycles. The number of methoxy groups -OCH3 is 2. The zero-order chi connectivity index (χ0) is 16.2. The van der Waals surface area contributed by atoms with Crippen molar-refractivity contribution < 1.29 is 14.3 Å². The topological polar surface area (TPSA) is 50.8 Å². The summed E-state index contributed by atoms with van der Waals surface area (Å²) in [5.41, 5.74) is 0.639. The molecule has 5 nitrogen and oxygen atoms in total. The Balaban J connectivity index is 1.76. The first-order valence-electron chi connectivity index (χ1n) is 7.17. The van der Waals surface area contributed by atoms with Gasteiger partial charge in [-0.25, -0.2) is 4.79 Å². The van der Waals surface area contributed by atoms with Gasteiger partial charge < -0.3 is 19.7 Å². The Kier molecular flexibility index (Phi) is 4.97. The zero-order valence-electron chi connectivity index (χ0n) is 12.9. The van der Waals surface area contributed by atoms with Crippen LogP contribution in [0.2, 0.25) is 0 Å². The molecule has 2 heterocycles. The monoisotopic (exact) mass is 350 g/mol. The fourth-order valence-electron chi connectivity index (χ4n) is 2.43. The zero-order valence-corrected chi connectivity index (χ0v) is 14.6. The molecule has 23 heavy (non-hydrogen) atoms. The SMILES string of the molecule is COc1ccc(NC(=O)N2CCS[C@H]2c2cccs2)c(OC)c1. The van der Waals surface area contributed by atoms with Gasteiger partial charge in [0.05, 0.1) is 19.9 Å². The number of amides is 2. The molecule has 0 radical (unpaired) electrons. The Bertz CT molecular complexity index is 676. The smallest absolute Gasteiger partial charge is 0.323 e. The van der Waals surface area contributed by atoms with E-state index in [1.165, 1.54) is 4.88 Å². The molecule has 0 bridgehead atoms. The van der Waals surface area contributed by atoms with Crippen LogP contribution in [-0.2, 0) is 0 Å². The molecule has 1 aromatic carbocycles. The third-order valence-electron chi connectivity index (χ3n) is 3.59. The van der Waals surface area contributed by atoms with Crippen LogP contribution in [0.25, 0.3) is 0 Å². The highest BCUT2D eigenvalue weighted by Crippen LogP contribution is 2.40. The number of ether oxygens (including phenoxy) is 2. The van der Waals surface area contributed by atoms with Gasteiger partial charge in [0.1, 0.15) is 16.9 Å². The second-order valence-electron chi connectivity index (χ2n) is 4.93. The lowest BCUT2D eigenvalue weighted by atomic mass is 10.2. The largest absolute Gasteiger partial charge is 0.497 e. The molecule has 2 amide bonds. The fourth-order valence-corrected chi connectivity index (χ4v) is 4.67. The first kappa shape index (κ1) is 16.0. The second-order valence-corrected chi connectivity index (χ2v) is 7.10. The van der Waals surface area contributed by atoms with Gasteiger partial charge in [-0.3, -0.25) is 0 Å². The molecule has 3 rings (SSSR count). The number of hydrogen-bond donors (Lipinski definition) is 1. The maximum absolute atomic E-state index is 12.7. The molecule has 1 fully saturated rings. The van der Waals surface area contributed by atoms with E-state index in [0.717, 1.165) is 12.3 Å². The molecule has 1 aliphatic heterocycles. The molecule has 0 unspecified atom stereocenters. The van der Waals surface area contributed by atoms with Crippen LogP contribution in [0.3, 0.4) is 0 Å². The van der Waals surface area contributed by atoms with E-state index in [2.05, 4.69) is 11.4 Å². The van der Waals surface area contributed by atoms with E-state index in [9.17, 15) is 4.79 Å². The molecule has 2 aromatic rings. The second kappa shape index (κ2) is 7.14. The average molecular weight is 350 g/mol. The summed E-state index contributed by atoms with van der Waals surface area (Å²) < 4.78 is 10.5. The lowest BCUT2D eigenvalue weighted by Crippen LogP contribution is -2.34. The number of carbonyl (C=O) groups is 1. The van der Waals surface area contributed by atoms with Crippen LogP contribution in [0.1, 0.15) is 10.3 Å². The van der Waals surface area contributed by atoms with Gasteiger partial charge in [-0.2, -0.15) is 0 Å². The predicted molar refractivity (Wildman–Crippen MR) is 94.8 cm³/mol. The standard InChI is InChI=1S/C16H18N2O3S2/c1-20-11-5-6-12(13(10-11)21-2)17-16(19)18-7-9-23-15(18)14-4-3-8-22-14/h3-6,8,10,15H,7,9H2,1-2H3,(H,17,19)/t15-/m0/s1. The van der Waals surface area contributed by atoms with E-state index in [1.54, 1.807) is 55.5 Å². The van der Waals surface area contributed by atoms with E-state index in [-0.39, 0.29) is 11.4 Å². The van der Waals surface area contributed by atoms with Crippen molar-refractivity contribution >= 4 is 34.8 Å². The number of benzene rings is 1. The molecule has 1 aliphatic rings. The Labute approximate surface area is 143 Å². The Morgan fingerprint density at radius 1 is 1.30 bits per heavy atom. The van der Waals surface area contributed by atoms with Gasteiger partial charge in [0, 0.05) is 23.2 Å². The van der Waals surface area contributed by atoms with Crippen LogP contribution in [0, 0.1) is 0 Å². The lowest BCUT2D eigenvalue weighted by molar-refractivity contribution is 0.214. The van der Waals surface area contributed by atoms with Gasteiger partial charge in [0.25, 0.3) is 0 Å². The Morgan fingerprint density at radius 3 is 2.87 bits per heavy atom. The third kappa shape index (κ3) is 3.40. The molecule has 0 saturated carbocycles. The highest BCUT2D eigenvalue weighted by molar-refractivity contribution is 7.99. The molecular weight excluding hydrogens is 332 g/mol. The Hall–Kier alpha value is -1.86. The minimum Gasteiger partial charge on any atom is -0.497 e. The number of urea groups is 1. The number of nitrogens with zero attached hydrogens (tertiary/aromatic N) is 1. The number of anilines is 1. The summed E-state index contributed by atoms with van der Waals surface area (Å²) in [5, 5.41) is 5.07. The van der Waals surface area contributed by atoms with Crippen molar-refractivity contribution in [2.45, 2.75) is 5.37 Å². The summed E-state index contributed by atoms with van der Waals surface area (Å²) in [6.07, 6.45) is 0. The van der Waals surface area contributed by atoms with Crippen LogP contribution < -0.4 is 14.8 Å². The van der Waals surface area contributed by atoms with Crippen LogP contribution in [0.5, 0.6) is 11.5 Å². The van der Waals surface area contributed by atoms with Gasteiger partial charge in [-0.05, 0) is 23.6 Å². The summed E-state index contributed by atoms with van der Waals surface area (Å²) in [6, 6.07) is 9.32. The first-order valence-corrected chi connectivity index (χ1v) is 9.10. The molecular formula is C16H18N2O3S2. The third-order valence-corrected chi connectivity index (χ3v) is 5.91. The van der Waals surface area contributed by atoms with Crippen LogP contribution in [-0.4, -0.2) is 37.4 Å². The number of hydrogen-bond acceptors (Lipinski definition) is 5.